The average molecular weight is 408 g/mol. The van der Waals surface area contributed by atoms with E-state index in [9.17, 15) is 8.42 Å². The lowest BCUT2D eigenvalue weighted by molar-refractivity contribution is -0.159. The van der Waals surface area contributed by atoms with Crippen LogP contribution in [0.3, 0.4) is 0 Å². The third-order valence-corrected chi connectivity index (χ3v) is 7.00. The lowest BCUT2D eigenvalue weighted by Gasteiger charge is -2.42. The fourth-order valence-electron chi connectivity index (χ4n) is 3.56. The minimum absolute atomic E-state index is 0.294. The molecule has 2 fully saturated rings. The Balaban J connectivity index is 0.000000527. The number of aliphatic carboxylic acids is 2. The van der Waals surface area contributed by atoms with Crippen LogP contribution in [0.5, 0.6) is 0 Å². The molecule has 0 unspecified atom stereocenters. The maximum Gasteiger partial charge on any atom is 0.414 e. The van der Waals surface area contributed by atoms with Gasteiger partial charge in [-0.25, -0.2) is 18.0 Å². The van der Waals surface area contributed by atoms with Crippen LogP contribution in [0.2, 0.25) is 0 Å². The fourth-order valence-corrected chi connectivity index (χ4v) is 5.05. The third-order valence-electron chi connectivity index (χ3n) is 4.92. The van der Waals surface area contributed by atoms with Crippen LogP contribution in [-0.2, 0) is 19.6 Å². The van der Waals surface area contributed by atoms with Crippen molar-refractivity contribution in [2.75, 3.05) is 51.6 Å². The second-order valence-corrected chi connectivity index (χ2v) is 9.02. The second-order valence-electron chi connectivity index (χ2n) is 6.93. The molecule has 2 heterocycles. The molecule has 2 rings (SSSR count). The van der Waals surface area contributed by atoms with Gasteiger partial charge in [-0.2, -0.15) is 4.31 Å². The van der Waals surface area contributed by atoms with Gasteiger partial charge in [-0.15, -0.1) is 0 Å². The van der Waals surface area contributed by atoms with E-state index in [4.69, 9.17) is 19.8 Å². The highest BCUT2D eigenvalue weighted by atomic mass is 32.2. The number of likely N-dealkylation sites (tertiary alicyclic amines) is 1. The number of piperazine rings is 1. The van der Waals surface area contributed by atoms with Gasteiger partial charge in [-0.05, 0) is 45.3 Å². The number of nitrogens with zero attached hydrogens (tertiary/aromatic N) is 3. The first-order valence-electron chi connectivity index (χ1n) is 9.61. The van der Waals surface area contributed by atoms with Crippen molar-refractivity contribution >= 4 is 22.0 Å². The molecule has 2 N–H and O–H groups in total. The lowest BCUT2D eigenvalue weighted by atomic mass is 10.0. The summed E-state index contributed by atoms with van der Waals surface area (Å²) in [7, 11) is -3.01. The van der Waals surface area contributed by atoms with Crippen molar-refractivity contribution in [2.45, 2.75) is 45.6 Å². The van der Waals surface area contributed by atoms with Crippen LogP contribution in [0.25, 0.3) is 0 Å². The zero-order valence-electron chi connectivity index (χ0n) is 16.3. The normalized spacial score (nSPS) is 20.7. The number of piperidine rings is 1. The Labute approximate surface area is 162 Å². The molecule has 2 aliphatic rings. The number of carbonyl (C=O) groups is 2. The largest absolute Gasteiger partial charge is 0.473 e. The second kappa shape index (κ2) is 11.6. The number of hydrogen-bond acceptors (Lipinski definition) is 6. The molecule has 0 spiro atoms. The highest BCUT2D eigenvalue weighted by Gasteiger charge is 2.30. The highest BCUT2D eigenvalue weighted by molar-refractivity contribution is 7.89. The summed E-state index contributed by atoms with van der Waals surface area (Å²) in [4.78, 5) is 23.3. The Bertz CT molecular complexity index is 555. The number of carboxylic acids is 2. The smallest absolute Gasteiger partial charge is 0.414 e. The predicted molar refractivity (Wildman–Crippen MR) is 102 cm³/mol. The molecule has 27 heavy (non-hydrogen) atoms. The van der Waals surface area contributed by atoms with Crippen LogP contribution in [0, 0.1) is 0 Å². The predicted octanol–water partition coefficient (Wildman–Crippen LogP) is 0.374. The van der Waals surface area contributed by atoms with Crippen molar-refractivity contribution in [1.29, 1.82) is 0 Å². The minimum Gasteiger partial charge on any atom is -0.473 e. The summed E-state index contributed by atoms with van der Waals surface area (Å²) in [6.45, 7) is 11.0. The number of rotatable bonds is 6. The monoisotopic (exact) mass is 407 g/mol. The van der Waals surface area contributed by atoms with E-state index in [1.807, 2.05) is 6.92 Å². The maximum absolute atomic E-state index is 12.1. The van der Waals surface area contributed by atoms with Crippen molar-refractivity contribution in [3.8, 4) is 0 Å². The molecule has 0 aromatic rings. The van der Waals surface area contributed by atoms with Gasteiger partial charge in [0.25, 0.3) is 0 Å². The van der Waals surface area contributed by atoms with Crippen molar-refractivity contribution in [3.05, 3.63) is 0 Å². The highest BCUT2D eigenvalue weighted by Crippen LogP contribution is 2.19. The molecule has 2 aliphatic heterocycles. The van der Waals surface area contributed by atoms with Crippen molar-refractivity contribution in [3.63, 3.8) is 0 Å². The van der Waals surface area contributed by atoms with Crippen LogP contribution in [0.15, 0.2) is 0 Å². The minimum atomic E-state index is -3.01. The standard InChI is InChI=1S/C15H31N3O2S.C2H2O4/c1-3-7-16-8-5-15(6-9-16)17-10-12-18(13-11-17)21(19,20)14-4-2;3-1(4)2(5)6/h15H,3-14H2,1-2H3;(H,3,4)(H,5,6). The molecule has 158 valence electrons. The fraction of sp³-hybridized carbons (Fsp3) is 0.882. The van der Waals surface area contributed by atoms with Crippen molar-refractivity contribution in [2.24, 2.45) is 0 Å². The van der Waals surface area contributed by atoms with E-state index in [1.165, 1.54) is 38.9 Å². The Morgan fingerprint density at radius 2 is 1.41 bits per heavy atom. The van der Waals surface area contributed by atoms with Crippen LogP contribution in [0.4, 0.5) is 0 Å². The SMILES string of the molecule is CCCN1CCC(N2CCN(S(=O)(=O)CCC)CC2)CC1.O=C(O)C(=O)O. The van der Waals surface area contributed by atoms with E-state index >= 15 is 0 Å². The summed E-state index contributed by atoms with van der Waals surface area (Å²) in [5, 5.41) is 14.8. The summed E-state index contributed by atoms with van der Waals surface area (Å²) < 4.78 is 25.9. The lowest BCUT2D eigenvalue weighted by Crippen LogP contribution is -2.54. The first-order valence-corrected chi connectivity index (χ1v) is 11.2. The third kappa shape index (κ3) is 8.12. The van der Waals surface area contributed by atoms with Gasteiger partial charge in [0.2, 0.25) is 10.0 Å². The van der Waals surface area contributed by atoms with Gasteiger partial charge in [-0.3, -0.25) is 4.90 Å². The summed E-state index contributed by atoms with van der Waals surface area (Å²) in [5.41, 5.74) is 0. The number of sulfonamides is 1. The molecule has 0 aromatic heterocycles. The van der Waals surface area contributed by atoms with Crippen molar-refractivity contribution < 1.29 is 28.2 Å². The van der Waals surface area contributed by atoms with Gasteiger partial charge in [0, 0.05) is 32.2 Å². The van der Waals surface area contributed by atoms with E-state index in [0.29, 0.717) is 31.3 Å². The molecule has 0 aliphatic carbocycles. The molecule has 10 heteroatoms. The molecule has 0 aromatic carbocycles. The van der Waals surface area contributed by atoms with Gasteiger partial charge in [0.05, 0.1) is 5.75 Å². The van der Waals surface area contributed by atoms with E-state index < -0.39 is 22.0 Å². The summed E-state index contributed by atoms with van der Waals surface area (Å²) in [6.07, 6.45) is 4.42. The van der Waals surface area contributed by atoms with Gasteiger partial charge in [0.1, 0.15) is 0 Å². The first-order chi connectivity index (χ1) is 12.7. The first kappa shape index (κ1) is 23.8. The Kier molecular flexibility index (Phi) is 10.2. The van der Waals surface area contributed by atoms with Crippen LogP contribution >= 0.6 is 0 Å². The van der Waals surface area contributed by atoms with Crippen molar-refractivity contribution in [1.82, 2.24) is 14.1 Å². The Morgan fingerprint density at radius 3 is 1.81 bits per heavy atom. The van der Waals surface area contributed by atoms with E-state index in [1.54, 1.807) is 4.31 Å². The molecule has 0 saturated carbocycles. The van der Waals surface area contributed by atoms with Crippen LogP contribution in [-0.4, -0.2) is 102 Å². The van der Waals surface area contributed by atoms with Gasteiger partial charge >= 0.3 is 11.9 Å². The summed E-state index contributed by atoms with van der Waals surface area (Å²) in [5.74, 6) is -3.35. The van der Waals surface area contributed by atoms with Crippen LogP contribution < -0.4 is 0 Å². The molecular formula is C17H33N3O6S. The molecule has 9 nitrogen and oxygen atoms in total. The van der Waals surface area contributed by atoms with Gasteiger partial charge < -0.3 is 15.1 Å². The Morgan fingerprint density at radius 1 is 0.889 bits per heavy atom. The average Bonchev–Trinajstić information content (AvgIpc) is 2.63. The van der Waals surface area contributed by atoms with Gasteiger partial charge in [0.15, 0.2) is 0 Å². The quantitative estimate of drug-likeness (QED) is 0.607. The molecular weight excluding hydrogens is 374 g/mol. The topological polar surface area (TPSA) is 118 Å². The summed E-state index contributed by atoms with van der Waals surface area (Å²) in [6, 6.07) is 0.661. The zero-order valence-corrected chi connectivity index (χ0v) is 17.2. The molecule has 0 amide bonds. The molecule has 0 atom stereocenters. The van der Waals surface area contributed by atoms with E-state index in [0.717, 1.165) is 13.1 Å². The van der Waals surface area contributed by atoms with E-state index in [-0.39, 0.29) is 0 Å². The Hall–Kier alpha value is -1.23. The van der Waals surface area contributed by atoms with E-state index in [2.05, 4.69) is 16.7 Å². The molecule has 0 radical (unpaired) electrons. The van der Waals surface area contributed by atoms with Gasteiger partial charge in [-0.1, -0.05) is 13.8 Å². The summed E-state index contributed by atoms with van der Waals surface area (Å²) >= 11 is 0. The number of hydrogen-bond donors (Lipinski definition) is 2. The maximum atomic E-state index is 12.1. The zero-order chi connectivity index (χ0) is 20.4. The number of carboxylic acid groups (broad SMARTS) is 2. The molecule has 0 bridgehead atoms. The molecule has 2 saturated heterocycles. The van der Waals surface area contributed by atoms with Crippen LogP contribution in [0.1, 0.15) is 39.5 Å².